The molecule has 0 aromatic rings. The second-order valence-electron chi connectivity index (χ2n) is 3.11. The van der Waals surface area contributed by atoms with Gasteiger partial charge in [-0.15, -0.1) is 0 Å². The molecule has 0 amide bonds. The minimum atomic E-state index is 0.296. The monoisotopic (exact) mass is 122 g/mol. The highest BCUT2D eigenvalue weighted by atomic mass is 16.1. The number of ketones is 1. The number of hydrogen-bond donors (Lipinski definition) is 0. The van der Waals surface area contributed by atoms with Crippen molar-refractivity contribution in [2.75, 3.05) is 0 Å². The molecule has 1 nitrogen and oxygen atoms in total. The third-order valence-corrected chi connectivity index (χ3v) is 2.56. The lowest BCUT2D eigenvalue weighted by Gasteiger charge is -2.28. The third kappa shape index (κ3) is 0.521. The quantitative estimate of drug-likeness (QED) is 0.445. The van der Waals surface area contributed by atoms with Gasteiger partial charge in [0.2, 0.25) is 0 Å². The molecule has 2 fully saturated rings. The van der Waals surface area contributed by atoms with Crippen molar-refractivity contribution in [3.8, 4) is 0 Å². The Balaban J connectivity index is 2.23. The van der Waals surface area contributed by atoms with Crippen molar-refractivity contribution < 1.29 is 4.79 Å². The van der Waals surface area contributed by atoms with E-state index in [0.717, 1.165) is 12.8 Å². The maximum Gasteiger partial charge on any atom is 0.140 e. The summed E-state index contributed by atoms with van der Waals surface area (Å²) < 4.78 is 0. The van der Waals surface area contributed by atoms with Gasteiger partial charge in [-0.05, 0) is 18.8 Å². The molecular formula is C8H10O. The van der Waals surface area contributed by atoms with E-state index in [1.54, 1.807) is 0 Å². The number of Topliss-reactive ketones (excluding diaryl/α,β-unsaturated/α-hetero) is 1. The number of rotatable bonds is 0. The van der Waals surface area contributed by atoms with E-state index in [9.17, 15) is 4.79 Å². The Bertz CT molecular complexity index is 181. The normalized spacial score (nSPS) is 40.4. The zero-order valence-corrected chi connectivity index (χ0v) is 5.39. The molecule has 0 saturated heterocycles. The Morgan fingerprint density at radius 2 is 2.33 bits per heavy atom. The molecule has 0 aromatic carbocycles. The maximum absolute atomic E-state index is 10.9. The number of allylic oxidation sites excluding steroid dienone is 1. The van der Waals surface area contributed by atoms with Crippen molar-refractivity contribution in [2.24, 2.45) is 11.8 Å². The van der Waals surface area contributed by atoms with Gasteiger partial charge in [0.25, 0.3) is 0 Å². The lowest BCUT2D eigenvalue weighted by molar-refractivity contribution is -0.130. The fraction of sp³-hybridized carbons (Fsp3) is 0.625. The van der Waals surface area contributed by atoms with E-state index >= 15 is 0 Å². The summed E-state index contributed by atoms with van der Waals surface area (Å²) in [5, 5.41) is 0. The van der Waals surface area contributed by atoms with Gasteiger partial charge in [-0.1, -0.05) is 12.2 Å². The van der Waals surface area contributed by atoms with Crippen LogP contribution in [0.3, 0.4) is 0 Å². The Labute approximate surface area is 54.8 Å². The Kier molecular flexibility index (Phi) is 0.850. The molecule has 0 bridgehead atoms. The van der Waals surface area contributed by atoms with E-state index in [0.29, 0.717) is 17.6 Å². The minimum Gasteiger partial charge on any atom is -0.299 e. The lowest BCUT2D eigenvalue weighted by Crippen LogP contribution is -2.33. The van der Waals surface area contributed by atoms with E-state index < -0.39 is 0 Å². The van der Waals surface area contributed by atoms with Crippen LogP contribution < -0.4 is 0 Å². The maximum atomic E-state index is 10.9. The molecule has 0 spiro atoms. The summed E-state index contributed by atoms with van der Waals surface area (Å²) in [7, 11) is 0. The predicted octanol–water partition coefficient (Wildman–Crippen LogP) is 1.54. The van der Waals surface area contributed by atoms with Gasteiger partial charge in [0.15, 0.2) is 0 Å². The summed E-state index contributed by atoms with van der Waals surface area (Å²) in [5.74, 6) is 1.43. The zero-order chi connectivity index (χ0) is 6.43. The highest BCUT2D eigenvalue weighted by Crippen LogP contribution is 2.46. The molecule has 0 aromatic heterocycles. The SMILES string of the molecule is C=C1CC[C@H]2CC(=O)[C@@H]12. The fourth-order valence-corrected chi connectivity index (χ4v) is 1.96. The average Bonchev–Trinajstić information content (AvgIpc) is 2.04. The van der Waals surface area contributed by atoms with Crippen molar-refractivity contribution in [1.82, 2.24) is 0 Å². The molecule has 0 unspecified atom stereocenters. The average molecular weight is 122 g/mol. The Hall–Kier alpha value is -0.590. The first-order valence-corrected chi connectivity index (χ1v) is 3.49. The van der Waals surface area contributed by atoms with Crippen molar-refractivity contribution >= 4 is 5.78 Å². The molecule has 0 N–H and O–H groups in total. The van der Waals surface area contributed by atoms with Crippen LogP contribution in [0.5, 0.6) is 0 Å². The van der Waals surface area contributed by atoms with E-state index in [1.165, 1.54) is 12.0 Å². The topological polar surface area (TPSA) is 17.1 Å². The molecular weight excluding hydrogens is 112 g/mol. The fourth-order valence-electron chi connectivity index (χ4n) is 1.96. The van der Waals surface area contributed by atoms with Gasteiger partial charge in [-0.2, -0.15) is 0 Å². The van der Waals surface area contributed by atoms with Crippen LogP contribution in [0.4, 0.5) is 0 Å². The molecule has 0 aliphatic heterocycles. The smallest absolute Gasteiger partial charge is 0.140 e. The summed E-state index contributed by atoms with van der Waals surface area (Å²) in [6, 6.07) is 0. The second kappa shape index (κ2) is 1.47. The number of carbonyl (C=O) groups excluding carboxylic acids is 1. The van der Waals surface area contributed by atoms with Crippen molar-refractivity contribution in [3.63, 3.8) is 0 Å². The van der Waals surface area contributed by atoms with Crippen LogP contribution in [-0.4, -0.2) is 5.78 Å². The molecule has 48 valence electrons. The summed E-state index contributed by atoms with van der Waals surface area (Å²) in [6.45, 7) is 3.87. The van der Waals surface area contributed by atoms with Crippen LogP contribution in [0, 0.1) is 11.8 Å². The lowest BCUT2D eigenvalue weighted by atomic mass is 9.74. The predicted molar refractivity (Wildman–Crippen MR) is 35.0 cm³/mol. The third-order valence-electron chi connectivity index (χ3n) is 2.56. The Morgan fingerprint density at radius 3 is 2.78 bits per heavy atom. The molecule has 2 saturated carbocycles. The molecule has 0 radical (unpaired) electrons. The van der Waals surface area contributed by atoms with Gasteiger partial charge in [0, 0.05) is 12.3 Å². The van der Waals surface area contributed by atoms with Gasteiger partial charge >= 0.3 is 0 Å². The second-order valence-corrected chi connectivity index (χ2v) is 3.11. The summed E-state index contributed by atoms with van der Waals surface area (Å²) >= 11 is 0. The summed E-state index contributed by atoms with van der Waals surface area (Å²) in [5.41, 5.74) is 1.19. The molecule has 2 rings (SSSR count). The van der Waals surface area contributed by atoms with Crippen LogP contribution in [0.25, 0.3) is 0 Å². The van der Waals surface area contributed by atoms with Gasteiger partial charge in [0.1, 0.15) is 5.78 Å². The Morgan fingerprint density at radius 1 is 1.56 bits per heavy atom. The first kappa shape index (κ1) is 5.21. The van der Waals surface area contributed by atoms with Crippen LogP contribution >= 0.6 is 0 Å². The first-order chi connectivity index (χ1) is 4.29. The van der Waals surface area contributed by atoms with Gasteiger partial charge in [-0.3, -0.25) is 4.79 Å². The number of carbonyl (C=O) groups is 1. The number of hydrogen-bond acceptors (Lipinski definition) is 1. The van der Waals surface area contributed by atoms with E-state index in [1.807, 2.05) is 0 Å². The van der Waals surface area contributed by atoms with Crippen LogP contribution in [-0.2, 0) is 4.79 Å². The van der Waals surface area contributed by atoms with Crippen LogP contribution in [0.15, 0.2) is 12.2 Å². The van der Waals surface area contributed by atoms with Gasteiger partial charge < -0.3 is 0 Å². The summed E-state index contributed by atoms with van der Waals surface area (Å²) in [6.07, 6.45) is 3.15. The van der Waals surface area contributed by atoms with Crippen LogP contribution in [0.1, 0.15) is 19.3 Å². The van der Waals surface area contributed by atoms with E-state index in [4.69, 9.17) is 0 Å². The zero-order valence-electron chi connectivity index (χ0n) is 5.39. The molecule has 0 heterocycles. The van der Waals surface area contributed by atoms with Crippen LogP contribution in [0.2, 0.25) is 0 Å². The standard InChI is InChI=1S/C8H10O/c1-5-2-3-6-4-7(9)8(5)6/h6,8H,1-4H2/t6-,8-/m0/s1. The molecule has 2 aliphatic carbocycles. The van der Waals surface area contributed by atoms with Crippen molar-refractivity contribution in [2.45, 2.75) is 19.3 Å². The highest BCUT2D eigenvalue weighted by Gasteiger charge is 2.44. The largest absolute Gasteiger partial charge is 0.299 e. The van der Waals surface area contributed by atoms with E-state index in [2.05, 4.69) is 6.58 Å². The molecule has 2 aliphatic rings. The van der Waals surface area contributed by atoms with Gasteiger partial charge in [0.05, 0.1) is 0 Å². The highest BCUT2D eigenvalue weighted by molar-refractivity contribution is 5.90. The van der Waals surface area contributed by atoms with Crippen molar-refractivity contribution in [1.29, 1.82) is 0 Å². The molecule has 1 heteroatoms. The van der Waals surface area contributed by atoms with Crippen molar-refractivity contribution in [3.05, 3.63) is 12.2 Å². The minimum absolute atomic E-state index is 0.296. The summed E-state index contributed by atoms with van der Waals surface area (Å²) in [4.78, 5) is 10.9. The molecule has 2 atom stereocenters. The van der Waals surface area contributed by atoms with E-state index in [-0.39, 0.29) is 0 Å². The van der Waals surface area contributed by atoms with Gasteiger partial charge in [-0.25, -0.2) is 0 Å². The molecule has 9 heavy (non-hydrogen) atoms. The first-order valence-electron chi connectivity index (χ1n) is 3.49. The number of fused-ring (bicyclic) bond motifs is 1.